The lowest BCUT2D eigenvalue weighted by Gasteiger charge is -2.14. The number of imide groups is 1. The van der Waals surface area contributed by atoms with Crippen LogP contribution < -0.4 is 4.90 Å². The van der Waals surface area contributed by atoms with E-state index < -0.39 is 11.8 Å². The van der Waals surface area contributed by atoms with Crippen molar-refractivity contribution in [2.24, 2.45) is 4.99 Å². The molecule has 5 nitrogen and oxygen atoms in total. The van der Waals surface area contributed by atoms with E-state index in [0.29, 0.717) is 37.6 Å². The van der Waals surface area contributed by atoms with Crippen molar-refractivity contribution in [1.29, 1.82) is 0 Å². The Hall–Kier alpha value is -2.67. The number of phenolic OH excluding ortho intramolecular Hbond substituents is 1. The second-order valence-electron chi connectivity index (χ2n) is 6.21. The summed E-state index contributed by atoms with van der Waals surface area (Å²) in [6.07, 6.45) is 1.43. The van der Waals surface area contributed by atoms with E-state index in [2.05, 4.69) is 20.9 Å². The molecule has 0 unspecified atom stereocenters. The van der Waals surface area contributed by atoms with Crippen molar-refractivity contribution in [1.82, 2.24) is 0 Å². The highest BCUT2D eigenvalue weighted by molar-refractivity contribution is 9.10. The van der Waals surface area contributed by atoms with Gasteiger partial charge in [0, 0.05) is 16.8 Å². The molecule has 3 aromatic rings. The topological polar surface area (TPSA) is 70.0 Å². The molecular weight excluding hydrogens is 479 g/mol. The molecule has 2 amide bonds. The van der Waals surface area contributed by atoms with Crippen molar-refractivity contribution in [2.75, 3.05) is 4.90 Å². The maximum absolute atomic E-state index is 12.6. The molecule has 3 aromatic carbocycles. The van der Waals surface area contributed by atoms with E-state index in [1.165, 1.54) is 12.3 Å². The zero-order valence-electron chi connectivity index (χ0n) is 14.6. The van der Waals surface area contributed by atoms with Gasteiger partial charge in [0.1, 0.15) is 5.75 Å². The molecule has 0 aliphatic carbocycles. The van der Waals surface area contributed by atoms with Gasteiger partial charge in [-0.25, -0.2) is 4.90 Å². The van der Waals surface area contributed by atoms with Crippen LogP contribution in [0.15, 0.2) is 64.1 Å². The maximum atomic E-state index is 12.6. The van der Waals surface area contributed by atoms with Gasteiger partial charge in [-0.3, -0.25) is 14.6 Å². The number of amides is 2. The van der Waals surface area contributed by atoms with Crippen molar-refractivity contribution in [2.45, 2.75) is 0 Å². The first kappa shape index (κ1) is 19.6. The minimum Gasteiger partial charge on any atom is -0.506 e. The minimum atomic E-state index is -0.397. The van der Waals surface area contributed by atoms with Gasteiger partial charge in [-0.15, -0.1) is 0 Å². The number of fused-ring (bicyclic) bond motifs is 1. The molecule has 0 atom stereocenters. The predicted octanol–water partition coefficient (Wildman–Crippen LogP) is 6.01. The molecule has 1 aliphatic heterocycles. The fourth-order valence-corrected chi connectivity index (χ4v) is 4.04. The lowest BCUT2D eigenvalue weighted by Crippen LogP contribution is -2.29. The first-order valence-corrected chi connectivity index (χ1v) is 9.91. The molecule has 0 bridgehead atoms. The second kappa shape index (κ2) is 7.63. The lowest BCUT2D eigenvalue weighted by atomic mass is 10.1. The van der Waals surface area contributed by atoms with Gasteiger partial charge in [0.05, 0.1) is 32.0 Å². The van der Waals surface area contributed by atoms with Crippen molar-refractivity contribution in [3.8, 4) is 5.75 Å². The molecule has 0 spiro atoms. The molecule has 1 heterocycles. The number of halogens is 3. The standard InChI is InChI=1S/C21H11BrCl2N2O3/c22-16-8-12(23)7-11(19(16)27)10-25-18-6-5-13(9-17(18)24)26-20(28)14-3-1-2-4-15(14)21(26)29/h1-10,27H. The van der Waals surface area contributed by atoms with Crippen molar-refractivity contribution in [3.05, 3.63) is 85.8 Å². The lowest BCUT2D eigenvalue weighted by molar-refractivity contribution is 0.0926. The van der Waals surface area contributed by atoms with Gasteiger partial charge in [-0.05, 0) is 58.4 Å². The molecule has 29 heavy (non-hydrogen) atoms. The zero-order chi connectivity index (χ0) is 20.7. The second-order valence-corrected chi connectivity index (χ2v) is 7.91. The first-order valence-electron chi connectivity index (χ1n) is 8.36. The van der Waals surface area contributed by atoms with Gasteiger partial charge in [0.2, 0.25) is 0 Å². The number of aromatic hydroxyl groups is 1. The van der Waals surface area contributed by atoms with Crippen molar-refractivity contribution < 1.29 is 14.7 Å². The molecule has 4 rings (SSSR count). The summed E-state index contributed by atoms with van der Waals surface area (Å²) in [6, 6.07) is 14.5. The quantitative estimate of drug-likeness (QED) is 0.361. The van der Waals surface area contributed by atoms with Crippen LogP contribution in [0.2, 0.25) is 10.0 Å². The maximum Gasteiger partial charge on any atom is 0.266 e. The summed E-state index contributed by atoms with van der Waals surface area (Å²) in [5.41, 5.74) is 1.89. The van der Waals surface area contributed by atoms with Crippen LogP contribution in [0.5, 0.6) is 5.75 Å². The summed E-state index contributed by atoms with van der Waals surface area (Å²) in [7, 11) is 0. The van der Waals surface area contributed by atoms with E-state index in [-0.39, 0.29) is 10.8 Å². The summed E-state index contributed by atoms with van der Waals surface area (Å²) >= 11 is 15.5. The minimum absolute atomic E-state index is 0.00285. The Morgan fingerprint density at radius 1 is 0.966 bits per heavy atom. The van der Waals surface area contributed by atoms with Crippen LogP contribution in [0.3, 0.4) is 0 Å². The molecular formula is C21H11BrCl2N2O3. The number of carbonyl (C=O) groups is 2. The SMILES string of the molecule is O=C1c2ccccc2C(=O)N1c1ccc(N=Cc2cc(Cl)cc(Br)c2O)c(Cl)c1. The summed E-state index contributed by atoms with van der Waals surface area (Å²) in [4.78, 5) is 30.6. The molecule has 8 heteroatoms. The number of anilines is 1. The highest BCUT2D eigenvalue weighted by atomic mass is 79.9. The van der Waals surface area contributed by atoms with Crippen LogP contribution in [0, 0.1) is 0 Å². The molecule has 0 aromatic heterocycles. The third kappa shape index (κ3) is 3.55. The summed E-state index contributed by atoms with van der Waals surface area (Å²) in [5, 5.41) is 10.8. The fourth-order valence-electron chi connectivity index (χ4n) is 2.99. The number of nitrogens with zero attached hydrogens (tertiary/aromatic N) is 2. The van der Waals surface area contributed by atoms with Crippen LogP contribution in [0.25, 0.3) is 0 Å². The number of aliphatic imine (C=N–C) groups is 1. The molecule has 0 saturated heterocycles. The average molecular weight is 490 g/mol. The summed E-state index contributed by atoms with van der Waals surface area (Å²) in [6.45, 7) is 0. The van der Waals surface area contributed by atoms with E-state index >= 15 is 0 Å². The predicted molar refractivity (Wildman–Crippen MR) is 117 cm³/mol. The van der Waals surface area contributed by atoms with Crippen molar-refractivity contribution in [3.63, 3.8) is 0 Å². The Bertz CT molecular complexity index is 1180. The molecule has 0 fully saturated rings. The third-order valence-corrected chi connectivity index (χ3v) is 5.51. The van der Waals surface area contributed by atoms with Crippen LogP contribution in [0.1, 0.15) is 26.3 Å². The smallest absolute Gasteiger partial charge is 0.266 e. The van der Waals surface area contributed by atoms with Crippen LogP contribution in [-0.4, -0.2) is 23.1 Å². The Labute approximate surface area is 184 Å². The van der Waals surface area contributed by atoms with Crippen LogP contribution >= 0.6 is 39.1 Å². The number of carbonyl (C=O) groups excluding carboxylic acids is 2. The number of phenols is 1. The Kier molecular flexibility index (Phi) is 5.17. The molecule has 1 N–H and O–H groups in total. The van der Waals surface area contributed by atoms with Gasteiger partial charge in [0.25, 0.3) is 11.8 Å². The number of hydrogen-bond donors (Lipinski definition) is 1. The zero-order valence-corrected chi connectivity index (χ0v) is 17.7. The van der Waals surface area contributed by atoms with Crippen LogP contribution in [0.4, 0.5) is 11.4 Å². The number of hydrogen-bond acceptors (Lipinski definition) is 4. The largest absolute Gasteiger partial charge is 0.506 e. The molecule has 0 saturated carbocycles. The normalized spacial score (nSPS) is 13.4. The third-order valence-electron chi connectivity index (χ3n) is 4.38. The van der Waals surface area contributed by atoms with E-state index in [0.717, 1.165) is 4.90 Å². The van der Waals surface area contributed by atoms with E-state index in [9.17, 15) is 14.7 Å². The molecule has 0 radical (unpaired) electrons. The number of benzene rings is 3. The Morgan fingerprint density at radius 3 is 2.24 bits per heavy atom. The monoisotopic (exact) mass is 488 g/mol. The summed E-state index contributed by atoms with van der Waals surface area (Å²) < 4.78 is 0.443. The highest BCUT2D eigenvalue weighted by Crippen LogP contribution is 2.35. The average Bonchev–Trinajstić information content (AvgIpc) is 2.95. The van der Waals surface area contributed by atoms with Crippen LogP contribution in [-0.2, 0) is 0 Å². The fraction of sp³-hybridized carbons (Fsp3) is 0. The number of rotatable bonds is 3. The highest BCUT2D eigenvalue weighted by Gasteiger charge is 2.36. The first-order chi connectivity index (χ1) is 13.9. The van der Waals surface area contributed by atoms with Gasteiger partial charge < -0.3 is 5.11 Å². The van der Waals surface area contributed by atoms with Gasteiger partial charge >= 0.3 is 0 Å². The van der Waals surface area contributed by atoms with E-state index in [1.54, 1.807) is 48.5 Å². The van der Waals surface area contributed by atoms with E-state index in [4.69, 9.17) is 23.2 Å². The Morgan fingerprint density at radius 2 is 1.62 bits per heavy atom. The Balaban J connectivity index is 1.65. The van der Waals surface area contributed by atoms with Gasteiger partial charge in [0.15, 0.2) is 0 Å². The summed E-state index contributed by atoms with van der Waals surface area (Å²) in [5.74, 6) is -0.796. The van der Waals surface area contributed by atoms with E-state index in [1.807, 2.05) is 0 Å². The van der Waals surface area contributed by atoms with Gasteiger partial charge in [-0.1, -0.05) is 35.3 Å². The van der Waals surface area contributed by atoms with Gasteiger partial charge in [-0.2, -0.15) is 0 Å². The van der Waals surface area contributed by atoms with Crippen molar-refractivity contribution >= 4 is 68.5 Å². The molecule has 1 aliphatic rings. The molecule has 144 valence electrons.